The quantitative estimate of drug-likeness (QED) is 0.512. The second-order valence-corrected chi connectivity index (χ2v) is 11.5. The van der Waals surface area contributed by atoms with Crippen molar-refractivity contribution in [1.82, 2.24) is 20.1 Å². The average molecular weight is 561 g/mol. The second-order valence-electron chi connectivity index (χ2n) is 10.6. The molecule has 1 N–H and O–H groups in total. The Morgan fingerprint density at radius 2 is 1.75 bits per heavy atom. The molecule has 3 amide bonds. The highest BCUT2D eigenvalue weighted by Crippen LogP contribution is 2.39. The zero-order valence-electron chi connectivity index (χ0n) is 22.9. The van der Waals surface area contributed by atoms with E-state index in [0.717, 1.165) is 35.5 Å². The van der Waals surface area contributed by atoms with Crippen molar-refractivity contribution in [3.8, 4) is 16.3 Å². The van der Waals surface area contributed by atoms with E-state index in [1.165, 1.54) is 0 Å². The summed E-state index contributed by atoms with van der Waals surface area (Å²) in [6, 6.07) is 17.2. The first-order valence-electron chi connectivity index (χ1n) is 14.0. The molecular weight excluding hydrogens is 524 g/mol. The van der Waals surface area contributed by atoms with Gasteiger partial charge in [-0.05, 0) is 37.8 Å². The van der Waals surface area contributed by atoms with Gasteiger partial charge in [0.1, 0.15) is 17.4 Å². The summed E-state index contributed by atoms with van der Waals surface area (Å²) < 4.78 is 5.92. The van der Waals surface area contributed by atoms with Gasteiger partial charge < -0.3 is 19.9 Å². The minimum Gasteiger partial charge on any atom is -0.491 e. The van der Waals surface area contributed by atoms with Crippen LogP contribution in [0.2, 0.25) is 0 Å². The fraction of sp³-hybridized carbons (Fsp3) is 0.419. The second kappa shape index (κ2) is 12.6. The molecule has 0 radical (unpaired) electrons. The van der Waals surface area contributed by atoms with E-state index in [4.69, 9.17) is 4.74 Å². The molecule has 5 rings (SSSR count). The Balaban J connectivity index is 1.21. The number of likely N-dealkylation sites (N-methyl/N-ethyl adjacent to an activating group) is 1. The summed E-state index contributed by atoms with van der Waals surface area (Å²) in [5.74, 6) is 0.547. The molecule has 0 saturated carbocycles. The highest BCUT2D eigenvalue weighted by Gasteiger charge is 2.43. The van der Waals surface area contributed by atoms with Gasteiger partial charge in [0.15, 0.2) is 0 Å². The van der Waals surface area contributed by atoms with Crippen molar-refractivity contribution in [3.63, 3.8) is 0 Å². The number of nitrogens with zero attached hydrogens (tertiary/aromatic N) is 3. The molecule has 0 bridgehead atoms. The van der Waals surface area contributed by atoms with Gasteiger partial charge in [0.05, 0.1) is 29.6 Å². The number of hydrogen-bond donors (Lipinski definition) is 1. The summed E-state index contributed by atoms with van der Waals surface area (Å²) in [6.45, 7) is 2.36. The van der Waals surface area contributed by atoms with Gasteiger partial charge >= 0.3 is 0 Å². The number of benzene rings is 2. The minimum absolute atomic E-state index is 0.0521. The van der Waals surface area contributed by atoms with Crippen molar-refractivity contribution < 1.29 is 19.1 Å². The summed E-state index contributed by atoms with van der Waals surface area (Å²) >= 11 is 1.55. The number of carbonyl (C=O) groups excluding carboxylic acids is 3. The lowest BCUT2D eigenvalue weighted by molar-refractivity contribution is -0.148. The Hall–Kier alpha value is -3.72. The van der Waals surface area contributed by atoms with Crippen LogP contribution in [0.25, 0.3) is 10.6 Å². The fourth-order valence-electron chi connectivity index (χ4n) is 5.59. The van der Waals surface area contributed by atoms with E-state index < -0.39 is 5.41 Å². The molecule has 1 aromatic heterocycles. The molecule has 0 unspecified atom stereocenters. The van der Waals surface area contributed by atoms with E-state index in [0.29, 0.717) is 56.9 Å². The molecular formula is C31H36N4O4S. The van der Waals surface area contributed by atoms with E-state index in [1.54, 1.807) is 28.4 Å². The number of hydrogen-bond acceptors (Lipinski definition) is 6. The Bertz CT molecular complexity index is 1330. The Morgan fingerprint density at radius 1 is 1.00 bits per heavy atom. The molecule has 3 heterocycles. The molecule has 1 saturated heterocycles. The monoisotopic (exact) mass is 560 g/mol. The van der Waals surface area contributed by atoms with Crippen molar-refractivity contribution in [1.29, 1.82) is 0 Å². The molecule has 2 aliphatic rings. The maximum absolute atomic E-state index is 13.8. The van der Waals surface area contributed by atoms with Crippen molar-refractivity contribution >= 4 is 29.1 Å². The number of fused-ring (bicyclic) bond motifs is 1. The first-order valence-corrected chi connectivity index (χ1v) is 14.9. The number of ether oxygens (including phenoxy) is 1. The summed E-state index contributed by atoms with van der Waals surface area (Å²) in [7, 11) is 1.82. The van der Waals surface area contributed by atoms with Gasteiger partial charge in [0.2, 0.25) is 11.8 Å². The topological polar surface area (TPSA) is 91.8 Å². The van der Waals surface area contributed by atoms with Crippen LogP contribution in [0.4, 0.5) is 0 Å². The van der Waals surface area contributed by atoms with E-state index in [1.807, 2.05) is 59.8 Å². The Morgan fingerprint density at radius 3 is 2.55 bits per heavy atom. The van der Waals surface area contributed by atoms with Crippen LogP contribution in [0.5, 0.6) is 5.75 Å². The maximum Gasteiger partial charge on any atom is 0.255 e. The minimum atomic E-state index is -0.515. The lowest BCUT2D eigenvalue weighted by Gasteiger charge is -2.42. The summed E-state index contributed by atoms with van der Waals surface area (Å²) in [4.78, 5) is 48.0. The number of para-hydroxylation sites is 1. The number of carbonyl (C=O) groups is 3. The number of piperidine rings is 1. The molecule has 1 spiro atoms. The highest BCUT2D eigenvalue weighted by molar-refractivity contribution is 7.13. The molecule has 0 atom stereocenters. The van der Waals surface area contributed by atoms with Crippen LogP contribution < -0.4 is 10.1 Å². The first kappa shape index (κ1) is 27.8. The number of thiazole rings is 1. The van der Waals surface area contributed by atoms with Crippen molar-refractivity contribution in [2.24, 2.45) is 5.41 Å². The number of rotatable bonds is 3. The average Bonchev–Trinajstić information content (AvgIpc) is 3.45. The smallest absolute Gasteiger partial charge is 0.255 e. The van der Waals surface area contributed by atoms with Gasteiger partial charge in [-0.2, -0.15) is 0 Å². The van der Waals surface area contributed by atoms with Crippen LogP contribution in [0.1, 0.15) is 48.2 Å². The predicted molar refractivity (Wildman–Crippen MR) is 155 cm³/mol. The van der Waals surface area contributed by atoms with E-state index in [9.17, 15) is 14.4 Å². The molecule has 0 aliphatic carbocycles. The van der Waals surface area contributed by atoms with Crippen LogP contribution in [-0.4, -0.2) is 72.3 Å². The van der Waals surface area contributed by atoms with Crippen LogP contribution >= 0.6 is 11.3 Å². The van der Waals surface area contributed by atoms with E-state index >= 15 is 0 Å². The molecule has 2 aliphatic heterocycles. The standard InChI is InChI=1S/C31H36N4O4S/c1-34-19-20-39-26-12-6-5-11-25(26)28(37)32-16-8-7-13-31(30(34)38)14-17-35(18-15-31)27(36)21-24-22-40-29(33-24)23-9-3-2-4-10-23/h2-6,9-12,22H,7-8,13-21H2,1H3,(H,32,37). The SMILES string of the molecule is CN1CCOc2ccccc2C(=O)NCCCCC2(CCN(C(=O)Cc3csc(-c4ccccc4)n3)CC2)C1=O. The molecule has 40 heavy (non-hydrogen) atoms. The molecule has 210 valence electrons. The third kappa shape index (κ3) is 6.36. The third-order valence-corrected chi connectivity index (χ3v) is 8.90. The van der Waals surface area contributed by atoms with Gasteiger partial charge in [0, 0.05) is 37.6 Å². The van der Waals surface area contributed by atoms with Crippen LogP contribution in [-0.2, 0) is 16.0 Å². The highest BCUT2D eigenvalue weighted by atomic mass is 32.1. The van der Waals surface area contributed by atoms with E-state index in [-0.39, 0.29) is 24.1 Å². The van der Waals surface area contributed by atoms with Gasteiger partial charge in [-0.3, -0.25) is 14.4 Å². The molecule has 1 fully saturated rings. The number of likely N-dealkylation sites (tertiary alicyclic amines) is 1. The zero-order valence-corrected chi connectivity index (χ0v) is 23.8. The molecule has 8 nitrogen and oxygen atoms in total. The fourth-order valence-corrected chi connectivity index (χ4v) is 6.41. The largest absolute Gasteiger partial charge is 0.491 e. The molecule has 3 aromatic rings. The predicted octanol–water partition coefficient (Wildman–Crippen LogP) is 4.41. The maximum atomic E-state index is 13.8. The number of amides is 3. The Kier molecular flexibility index (Phi) is 8.79. The molecule has 9 heteroatoms. The number of nitrogens with one attached hydrogen (secondary N) is 1. The normalized spacial score (nSPS) is 18.4. The summed E-state index contributed by atoms with van der Waals surface area (Å²) in [5.41, 5.74) is 1.83. The van der Waals surface area contributed by atoms with E-state index in [2.05, 4.69) is 10.3 Å². The summed E-state index contributed by atoms with van der Waals surface area (Å²) in [6.07, 6.45) is 3.87. The van der Waals surface area contributed by atoms with Crippen molar-refractivity contribution in [3.05, 3.63) is 71.2 Å². The Labute approximate surface area is 239 Å². The van der Waals surface area contributed by atoms with Crippen molar-refractivity contribution in [2.75, 3.05) is 39.8 Å². The van der Waals surface area contributed by atoms with Crippen LogP contribution in [0.3, 0.4) is 0 Å². The first-order chi connectivity index (χ1) is 19.4. The molecule has 2 aromatic carbocycles. The zero-order chi connectivity index (χ0) is 28.0. The van der Waals surface area contributed by atoms with Gasteiger partial charge in [-0.25, -0.2) is 4.98 Å². The van der Waals surface area contributed by atoms with Gasteiger partial charge in [0.25, 0.3) is 5.91 Å². The van der Waals surface area contributed by atoms with Gasteiger partial charge in [-0.15, -0.1) is 11.3 Å². The van der Waals surface area contributed by atoms with Crippen molar-refractivity contribution in [2.45, 2.75) is 38.5 Å². The lowest BCUT2D eigenvalue weighted by Crippen LogP contribution is -2.51. The number of aromatic nitrogens is 1. The van der Waals surface area contributed by atoms with Crippen LogP contribution in [0.15, 0.2) is 60.0 Å². The summed E-state index contributed by atoms with van der Waals surface area (Å²) in [5, 5.41) is 5.86. The van der Waals surface area contributed by atoms with Gasteiger partial charge in [-0.1, -0.05) is 48.9 Å². The van der Waals surface area contributed by atoms with Crippen LogP contribution in [0, 0.1) is 5.41 Å². The lowest BCUT2D eigenvalue weighted by atomic mass is 9.73. The third-order valence-electron chi connectivity index (χ3n) is 7.96.